The highest BCUT2D eigenvalue weighted by Gasteiger charge is 2.27. The number of rotatable bonds is 4. The highest BCUT2D eigenvalue weighted by Crippen LogP contribution is 2.22. The first-order chi connectivity index (χ1) is 7.90. The van der Waals surface area contributed by atoms with Crippen LogP contribution in [0.25, 0.3) is 0 Å². The van der Waals surface area contributed by atoms with Crippen LogP contribution in [-0.2, 0) is 9.53 Å². The van der Waals surface area contributed by atoms with Gasteiger partial charge in [0.15, 0.2) is 0 Å². The molecule has 0 radical (unpaired) electrons. The van der Waals surface area contributed by atoms with E-state index < -0.39 is 17.3 Å². The molecule has 1 aromatic rings. The fourth-order valence-corrected chi connectivity index (χ4v) is 1.09. The van der Waals surface area contributed by atoms with Crippen molar-refractivity contribution in [3.05, 3.63) is 24.0 Å². The fourth-order valence-electron chi connectivity index (χ4n) is 1.09. The Labute approximate surface area is 99.7 Å². The number of ether oxygens (including phenoxy) is 2. The molecule has 0 bridgehead atoms. The first kappa shape index (κ1) is 13.4. The fraction of sp³-hybridized carbons (Fsp3) is 0.417. The van der Waals surface area contributed by atoms with Gasteiger partial charge in [-0.15, -0.1) is 0 Å². The molecule has 0 aromatic heterocycles. The monoisotopic (exact) mass is 241 g/mol. The minimum atomic E-state index is -1.02. The van der Waals surface area contributed by atoms with Crippen LogP contribution in [0, 0.1) is 5.82 Å². The van der Waals surface area contributed by atoms with Crippen molar-refractivity contribution in [1.82, 2.24) is 0 Å². The number of benzene rings is 1. The van der Waals surface area contributed by atoms with Crippen molar-refractivity contribution in [2.75, 3.05) is 19.5 Å². The molecular formula is C12H16FNO3. The highest BCUT2D eigenvalue weighted by molar-refractivity contribution is 5.96. The van der Waals surface area contributed by atoms with Gasteiger partial charge in [0.2, 0.25) is 0 Å². The maximum Gasteiger partial charge on any atom is 0.256 e. The molecule has 94 valence electrons. The van der Waals surface area contributed by atoms with Crippen LogP contribution in [0.3, 0.4) is 0 Å². The number of methoxy groups -OCH3 is 2. The lowest BCUT2D eigenvalue weighted by Gasteiger charge is -2.21. The van der Waals surface area contributed by atoms with Gasteiger partial charge in [-0.3, -0.25) is 4.79 Å². The van der Waals surface area contributed by atoms with Crippen molar-refractivity contribution in [2.45, 2.75) is 19.4 Å². The zero-order chi connectivity index (χ0) is 13.1. The SMILES string of the molecule is COc1ccc(F)c(NC(=O)C(C)(C)OC)c1. The average molecular weight is 241 g/mol. The van der Waals surface area contributed by atoms with Crippen molar-refractivity contribution >= 4 is 11.6 Å². The Kier molecular flexibility index (Phi) is 4.07. The van der Waals surface area contributed by atoms with E-state index in [4.69, 9.17) is 9.47 Å². The van der Waals surface area contributed by atoms with Gasteiger partial charge in [-0.25, -0.2) is 4.39 Å². The second-order valence-corrected chi connectivity index (χ2v) is 4.01. The molecule has 0 aliphatic rings. The Bertz CT molecular complexity index is 418. The minimum Gasteiger partial charge on any atom is -0.497 e. The maximum absolute atomic E-state index is 13.4. The lowest BCUT2D eigenvalue weighted by atomic mass is 10.1. The smallest absolute Gasteiger partial charge is 0.256 e. The van der Waals surface area contributed by atoms with Crippen molar-refractivity contribution in [3.63, 3.8) is 0 Å². The highest BCUT2D eigenvalue weighted by atomic mass is 19.1. The molecule has 1 aromatic carbocycles. The Balaban J connectivity index is 2.91. The first-order valence-electron chi connectivity index (χ1n) is 5.11. The largest absolute Gasteiger partial charge is 0.497 e. The van der Waals surface area contributed by atoms with Gasteiger partial charge >= 0.3 is 0 Å². The van der Waals surface area contributed by atoms with Crippen molar-refractivity contribution in [2.24, 2.45) is 0 Å². The van der Waals surface area contributed by atoms with E-state index in [-0.39, 0.29) is 5.69 Å². The summed E-state index contributed by atoms with van der Waals surface area (Å²) in [5, 5.41) is 2.46. The summed E-state index contributed by atoms with van der Waals surface area (Å²) in [6.45, 7) is 3.20. The molecule has 0 saturated heterocycles. The Morgan fingerprint density at radius 1 is 1.35 bits per heavy atom. The zero-order valence-electron chi connectivity index (χ0n) is 10.3. The summed E-state index contributed by atoms with van der Waals surface area (Å²) in [4.78, 5) is 11.8. The Morgan fingerprint density at radius 2 is 2.00 bits per heavy atom. The quantitative estimate of drug-likeness (QED) is 0.879. The van der Waals surface area contributed by atoms with Crippen LogP contribution in [0.5, 0.6) is 5.75 Å². The maximum atomic E-state index is 13.4. The van der Waals surface area contributed by atoms with Gasteiger partial charge in [-0.1, -0.05) is 0 Å². The Morgan fingerprint density at radius 3 is 2.53 bits per heavy atom. The van der Waals surface area contributed by atoms with Gasteiger partial charge < -0.3 is 14.8 Å². The summed E-state index contributed by atoms with van der Waals surface area (Å²) < 4.78 is 23.4. The zero-order valence-corrected chi connectivity index (χ0v) is 10.3. The molecule has 0 spiro atoms. The normalized spacial score (nSPS) is 11.1. The summed E-state index contributed by atoms with van der Waals surface area (Å²) in [6.07, 6.45) is 0. The lowest BCUT2D eigenvalue weighted by Crippen LogP contribution is -2.39. The topological polar surface area (TPSA) is 47.6 Å². The number of amides is 1. The molecule has 4 nitrogen and oxygen atoms in total. The molecule has 0 saturated carbocycles. The van der Waals surface area contributed by atoms with Crippen LogP contribution in [0.15, 0.2) is 18.2 Å². The minimum absolute atomic E-state index is 0.0690. The molecule has 0 aliphatic carbocycles. The van der Waals surface area contributed by atoms with Crippen LogP contribution in [0.4, 0.5) is 10.1 Å². The van der Waals surface area contributed by atoms with Crippen molar-refractivity contribution in [3.8, 4) is 5.75 Å². The van der Waals surface area contributed by atoms with Crippen LogP contribution < -0.4 is 10.1 Å². The number of halogens is 1. The van der Waals surface area contributed by atoms with Gasteiger partial charge in [0, 0.05) is 13.2 Å². The number of carbonyl (C=O) groups excluding carboxylic acids is 1. The van der Waals surface area contributed by atoms with Crippen LogP contribution in [0.1, 0.15) is 13.8 Å². The summed E-state index contributed by atoms with van der Waals surface area (Å²) in [6, 6.07) is 4.12. The Hall–Kier alpha value is -1.62. The molecule has 0 fully saturated rings. The number of nitrogens with one attached hydrogen (secondary N) is 1. The average Bonchev–Trinajstić information content (AvgIpc) is 2.31. The lowest BCUT2D eigenvalue weighted by molar-refractivity contribution is -0.133. The molecule has 0 unspecified atom stereocenters. The third kappa shape index (κ3) is 3.17. The van der Waals surface area contributed by atoms with Gasteiger partial charge in [-0.05, 0) is 26.0 Å². The molecule has 0 aliphatic heterocycles. The van der Waals surface area contributed by atoms with Crippen molar-refractivity contribution in [1.29, 1.82) is 0 Å². The van der Waals surface area contributed by atoms with E-state index in [1.807, 2.05) is 0 Å². The predicted octanol–water partition coefficient (Wildman–Crippen LogP) is 2.20. The van der Waals surface area contributed by atoms with E-state index >= 15 is 0 Å². The van der Waals surface area contributed by atoms with Gasteiger partial charge in [-0.2, -0.15) is 0 Å². The number of anilines is 1. The van der Waals surface area contributed by atoms with Crippen LogP contribution in [0.2, 0.25) is 0 Å². The van der Waals surface area contributed by atoms with Gasteiger partial charge in [0.05, 0.1) is 12.8 Å². The second-order valence-electron chi connectivity index (χ2n) is 4.01. The molecule has 1 rings (SSSR count). The number of hydrogen-bond acceptors (Lipinski definition) is 3. The third-order valence-electron chi connectivity index (χ3n) is 2.48. The van der Waals surface area contributed by atoms with E-state index in [1.54, 1.807) is 13.8 Å². The molecule has 0 atom stereocenters. The summed E-state index contributed by atoms with van der Waals surface area (Å²) in [7, 11) is 2.89. The van der Waals surface area contributed by atoms with E-state index in [9.17, 15) is 9.18 Å². The predicted molar refractivity (Wildman–Crippen MR) is 62.7 cm³/mol. The summed E-state index contributed by atoms with van der Waals surface area (Å²) in [5.74, 6) is -0.477. The third-order valence-corrected chi connectivity index (χ3v) is 2.48. The number of carbonyl (C=O) groups is 1. The molecule has 17 heavy (non-hydrogen) atoms. The van der Waals surface area contributed by atoms with E-state index in [0.29, 0.717) is 5.75 Å². The standard InChI is InChI=1S/C12H16FNO3/c1-12(2,17-4)11(15)14-10-7-8(16-3)5-6-9(10)13/h5-7H,1-4H3,(H,14,15). The first-order valence-corrected chi connectivity index (χ1v) is 5.11. The van der Waals surface area contributed by atoms with E-state index in [1.165, 1.54) is 32.4 Å². The van der Waals surface area contributed by atoms with Crippen molar-refractivity contribution < 1.29 is 18.7 Å². The van der Waals surface area contributed by atoms with Crippen LogP contribution in [-0.4, -0.2) is 25.7 Å². The summed E-state index contributed by atoms with van der Waals surface area (Å²) >= 11 is 0. The van der Waals surface area contributed by atoms with E-state index in [2.05, 4.69) is 5.32 Å². The molecule has 1 amide bonds. The molecular weight excluding hydrogens is 225 g/mol. The molecule has 1 N–H and O–H groups in total. The van der Waals surface area contributed by atoms with Crippen LogP contribution >= 0.6 is 0 Å². The number of hydrogen-bond donors (Lipinski definition) is 1. The van der Waals surface area contributed by atoms with Gasteiger partial charge in [0.25, 0.3) is 5.91 Å². The van der Waals surface area contributed by atoms with E-state index in [0.717, 1.165) is 0 Å². The molecule has 0 heterocycles. The van der Waals surface area contributed by atoms with Gasteiger partial charge in [0.1, 0.15) is 17.2 Å². The molecule has 5 heteroatoms. The second kappa shape index (κ2) is 5.14. The summed E-state index contributed by atoms with van der Waals surface area (Å²) in [5.41, 5.74) is -0.949.